The first-order valence-corrected chi connectivity index (χ1v) is 10.3. The molecule has 1 fully saturated rings. The number of fused-ring (bicyclic) bond motifs is 1. The molecule has 1 aromatic heterocycles. The van der Waals surface area contributed by atoms with Gasteiger partial charge in [-0.1, -0.05) is 24.3 Å². The maximum Gasteiger partial charge on any atom is 0.310 e. The maximum atomic E-state index is 13.6. The molecule has 3 aromatic rings. The number of hydrogen-bond acceptors (Lipinski definition) is 3. The molecule has 2 aliphatic rings. The lowest BCUT2D eigenvalue weighted by Crippen LogP contribution is -2.31. The number of benzene rings is 2. The van der Waals surface area contributed by atoms with E-state index < -0.39 is 0 Å². The third-order valence-corrected chi connectivity index (χ3v) is 5.86. The summed E-state index contributed by atoms with van der Waals surface area (Å²) in [5.41, 5.74) is 3.59. The minimum Gasteiger partial charge on any atom is -0.459 e. The zero-order chi connectivity index (χ0) is 21.4. The molecular weight excluding hydrogens is 398 g/mol. The number of allylic oxidation sites excluding steroid dienone is 1. The molecule has 6 heteroatoms. The monoisotopic (exact) mass is 418 g/mol. The molecule has 2 aromatic carbocycles. The number of hydrazone groups is 1. The van der Waals surface area contributed by atoms with Crippen molar-refractivity contribution in [3.05, 3.63) is 101 Å². The van der Waals surface area contributed by atoms with E-state index in [1.807, 2.05) is 6.08 Å². The Labute approximate surface area is 178 Å². The summed E-state index contributed by atoms with van der Waals surface area (Å²) in [7, 11) is 0. The molecule has 0 N–H and O–H groups in total. The number of nitrogens with zero attached hydrogens (tertiary/aromatic N) is 2. The van der Waals surface area contributed by atoms with E-state index in [0.29, 0.717) is 0 Å². The van der Waals surface area contributed by atoms with Crippen LogP contribution in [0.1, 0.15) is 47.0 Å². The van der Waals surface area contributed by atoms with Crippen LogP contribution in [0.15, 0.2) is 82.0 Å². The van der Waals surface area contributed by atoms with Crippen LogP contribution in [0.2, 0.25) is 0 Å². The van der Waals surface area contributed by atoms with Crippen LogP contribution in [0.4, 0.5) is 8.78 Å². The standard InChI is InChI=1S/C25H20F2N2O2/c26-19-10-6-16(7-11-19)15-18-3-1-4-21-23(18)28-29(25(30)22-5-2-14-31-22)24(21)17-8-12-20(27)13-9-17/h2,5-15,21,24H,1,3-4H2. The SMILES string of the molecule is O=C(c1ccco1)N1N=C2C(=Cc3ccc(F)cc3)CCCC2C1c1ccc(F)cc1. The lowest BCUT2D eigenvalue weighted by atomic mass is 9.77. The first kappa shape index (κ1) is 19.4. The predicted octanol–water partition coefficient (Wildman–Crippen LogP) is 5.99. The summed E-state index contributed by atoms with van der Waals surface area (Å²) in [5, 5.41) is 6.21. The Morgan fingerprint density at radius 3 is 2.42 bits per heavy atom. The van der Waals surface area contributed by atoms with Crippen molar-refractivity contribution in [2.45, 2.75) is 25.3 Å². The van der Waals surface area contributed by atoms with E-state index in [2.05, 4.69) is 0 Å². The largest absolute Gasteiger partial charge is 0.459 e. The van der Waals surface area contributed by atoms with Crippen molar-refractivity contribution >= 4 is 17.7 Å². The fourth-order valence-corrected chi connectivity index (χ4v) is 4.43. The predicted molar refractivity (Wildman–Crippen MR) is 113 cm³/mol. The van der Waals surface area contributed by atoms with Crippen LogP contribution in [0.3, 0.4) is 0 Å². The molecule has 2 unspecified atom stereocenters. The maximum absolute atomic E-state index is 13.6. The Bertz CT molecular complexity index is 1150. The molecule has 0 bridgehead atoms. The van der Waals surface area contributed by atoms with Crippen LogP contribution in [0.25, 0.3) is 6.08 Å². The second-order valence-corrected chi connectivity index (χ2v) is 7.83. The molecule has 5 rings (SSSR count). The summed E-state index contributed by atoms with van der Waals surface area (Å²) < 4.78 is 32.2. The van der Waals surface area contributed by atoms with Crippen LogP contribution in [0.5, 0.6) is 0 Å². The molecular formula is C25H20F2N2O2. The van der Waals surface area contributed by atoms with Gasteiger partial charge in [0, 0.05) is 5.92 Å². The molecule has 156 valence electrons. The van der Waals surface area contributed by atoms with Crippen molar-refractivity contribution in [1.82, 2.24) is 5.01 Å². The Balaban J connectivity index is 1.57. The third kappa shape index (κ3) is 3.69. The summed E-state index contributed by atoms with van der Waals surface area (Å²) in [4.78, 5) is 13.2. The van der Waals surface area contributed by atoms with E-state index in [4.69, 9.17) is 9.52 Å². The zero-order valence-electron chi connectivity index (χ0n) is 16.7. The third-order valence-electron chi connectivity index (χ3n) is 5.86. The summed E-state index contributed by atoms with van der Waals surface area (Å²) in [6.07, 6.45) is 6.09. The van der Waals surface area contributed by atoms with Gasteiger partial charge in [-0.05, 0) is 78.4 Å². The van der Waals surface area contributed by atoms with E-state index in [1.54, 1.807) is 36.4 Å². The second-order valence-electron chi connectivity index (χ2n) is 7.83. The van der Waals surface area contributed by atoms with Gasteiger partial charge in [0.25, 0.3) is 0 Å². The molecule has 4 nitrogen and oxygen atoms in total. The number of furan rings is 1. The van der Waals surface area contributed by atoms with Crippen molar-refractivity contribution in [2.24, 2.45) is 11.0 Å². The van der Waals surface area contributed by atoms with Crippen molar-refractivity contribution < 1.29 is 18.0 Å². The number of carbonyl (C=O) groups excluding carboxylic acids is 1. The van der Waals surface area contributed by atoms with Gasteiger partial charge in [-0.15, -0.1) is 0 Å². The highest BCUT2D eigenvalue weighted by Crippen LogP contribution is 2.45. The first-order valence-electron chi connectivity index (χ1n) is 10.3. The zero-order valence-corrected chi connectivity index (χ0v) is 16.7. The van der Waals surface area contributed by atoms with Gasteiger partial charge >= 0.3 is 5.91 Å². The summed E-state index contributed by atoms with van der Waals surface area (Å²) >= 11 is 0. The highest BCUT2D eigenvalue weighted by Gasteiger charge is 2.44. The quantitative estimate of drug-likeness (QED) is 0.524. The number of hydrogen-bond donors (Lipinski definition) is 0. The molecule has 1 aliphatic heterocycles. The van der Waals surface area contributed by atoms with Crippen molar-refractivity contribution in [3.63, 3.8) is 0 Å². The fraction of sp³-hybridized carbons (Fsp3) is 0.200. The van der Waals surface area contributed by atoms with Crippen molar-refractivity contribution in [2.75, 3.05) is 0 Å². The summed E-state index contributed by atoms with van der Waals surface area (Å²) in [6.45, 7) is 0. The topological polar surface area (TPSA) is 45.8 Å². The highest BCUT2D eigenvalue weighted by atomic mass is 19.1. The van der Waals surface area contributed by atoms with Gasteiger partial charge in [0.2, 0.25) is 0 Å². The van der Waals surface area contributed by atoms with Crippen LogP contribution in [-0.4, -0.2) is 16.6 Å². The number of amides is 1. The Kier molecular flexibility index (Phi) is 4.98. The van der Waals surface area contributed by atoms with Gasteiger partial charge in [-0.3, -0.25) is 4.79 Å². The lowest BCUT2D eigenvalue weighted by molar-refractivity contribution is 0.0648. The van der Waals surface area contributed by atoms with Crippen LogP contribution < -0.4 is 0 Å². The molecule has 0 radical (unpaired) electrons. The average Bonchev–Trinajstić information content (AvgIpc) is 3.44. The molecule has 1 amide bonds. The van der Waals surface area contributed by atoms with Gasteiger partial charge in [0.05, 0.1) is 18.0 Å². The van der Waals surface area contributed by atoms with E-state index in [1.165, 1.54) is 35.5 Å². The van der Waals surface area contributed by atoms with Gasteiger partial charge < -0.3 is 4.42 Å². The van der Waals surface area contributed by atoms with Crippen LogP contribution in [0, 0.1) is 17.6 Å². The minimum absolute atomic E-state index is 0.00942. The number of carbonyl (C=O) groups is 1. The first-order chi connectivity index (χ1) is 15.1. The van der Waals surface area contributed by atoms with E-state index >= 15 is 0 Å². The summed E-state index contributed by atoms with van der Waals surface area (Å²) in [6, 6.07) is 15.5. The summed E-state index contributed by atoms with van der Waals surface area (Å²) in [5.74, 6) is -0.743. The molecule has 0 saturated heterocycles. The normalized spacial score (nSPS) is 21.8. The smallest absolute Gasteiger partial charge is 0.310 e. The molecule has 1 saturated carbocycles. The molecule has 2 heterocycles. The fourth-order valence-electron chi connectivity index (χ4n) is 4.43. The van der Waals surface area contributed by atoms with E-state index in [0.717, 1.165) is 41.7 Å². The Morgan fingerprint density at radius 1 is 1.03 bits per heavy atom. The molecule has 0 spiro atoms. The molecule has 2 atom stereocenters. The van der Waals surface area contributed by atoms with E-state index in [-0.39, 0.29) is 35.3 Å². The molecule has 31 heavy (non-hydrogen) atoms. The van der Waals surface area contributed by atoms with Crippen LogP contribution in [-0.2, 0) is 0 Å². The van der Waals surface area contributed by atoms with Crippen LogP contribution >= 0.6 is 0 Å². The Hall–Kier alpha value is -3.54. The van der Waals surface area contributed by atoms with Crippen molar-refractivity contribution in [3.8, 4) is 0 Å². The van der Waals surface area contributed by atoms with Gasteiger partial charge in [-0.2, -0.15) is 5.10 Å². The lowest BCUT2D eigenvalue weighted by Gasteiger charge is -2.29. The minimum atomic E-state index is -0.342. The van der Waals surface area contributed by atoms with E-state index in [9.17, 15) is 13.6 Å². The number of rotatable bonds is 3. The van der Waals surface area contributed by atoms with Gasteiger partial charge in [-0.25, -0.2) is 13.8 Å². The highest BCUT2D eigenvalue weighted by molar-refractivity contribution is 6.08. The number of halogens is 2. The average molecular weight is 418 g/mol. The Morgan fingerprint density at radius 2 is 1.74 bits per heavy atom. The van der Waals surface area contributed by atoms with Crippen molar-refractivity contribution in [1.29, 1.82) is 0 Å². The van der Waals surface area contributed by atoms with Gasteiger partial charge in [0.1, 0.15) is 11.6 Å². The molecule has 1 aliphatic carbocycles. The second kappa shape index (κ2) is 7.95. The van der Waals surface area contributed by atoms with Gasteiger partial charge in [0.15, 0.2) is 5.76 Å².